The molecular weight excluding hydrogens is 448 g/mol. The maximum Gasteiger partial charge on any atom is 0.321 e. The van der Waals surface area contributed by atoms with E-state index in [1.807, 2.05) is 49.1 Å². The molecule has 194 valence electrons. The van der Waals surface area contributed by atoms with Gasteiger partial charge in [-0.3, -0.25) is 9.88 Å². The molecule has 1 aliphatic rings. The first-order chi connectivity index (χ1) is 17.6. The van der Waals surface area contributed by atoms with Crippen molar-refractivity contribution in [2.75, 3.05) is 38.6 Å². The number of piperidine rings is 1. The third kappa shape index (κ3) is 7.20. The average Bonchev–Trinajstić information content (AvgIpc) is 2.94. The Morgan fingerprint density at radius 2 is 1.78 bits per heavy atom. The molecule has 0 atom stereocenters. The summed E-state index contributed by atoms with van der Waals surface area (Å²) in [4.78, 5) is 22.0. The molecule has 1 saturated heterocycles. The van der Waals surface area contributed by atoms with Crippen LogP contribution in [0.25, 0.3) is 10.9 Å². The smallest absolute Gasteiger partial charge is 0.321 e. The van der Waals surface area contributed by atoms with E-state index in [-0.39, 0.29) is 6.03 Å². The highest BCUT2D eigenvalue weighted by Crippen LogP contribution is 2.29. The van der Waals surface area contributed by atoms with Gasteiger partial charge in [0.1, 0.15) is 5.75 Å². The van der Waals surface area contributed by atoms with Crippen LogP contribution in [-0.2, 0) is 6.54 Å². The van der Waals surface area contributed by atoms with Crippen molar-refractivity contribution in [1.29, 1.82) is 0 Å². The molecule has 0 aliphatic carbocycles. The maximum absolute atomic E-state index is 12.9. The molecule has 6 nitrogen and oxygen atoms in total. The van der Waals surface area contributed by atoms with Crippen molar-refractivity contribution in [2.24, 2.45) is 0 Å². The second-order valence-corrected chi connectivity index (χ2v) is 9.04. The van der Waals surface area contributed by atoms with E-state index in [0.29, 0.717) is 5.92 Å². The fraction of sp³-hybridized carbons (Fsp3) is 0.467. The summed E-state index contributed by atoms with van der Waals surface area (Å²) in [5, 5.41) is 4.12. The van der Waals surface area contributed by atoms with Crippen LogP contribution in [0.3, 0.4) is 0 Å². The van der Waals surface area contributed by atoms with E-state index < -0.39 is 0 Å². The van der Waals surface area contributed by atoms with Crippen molar-refractivity contribution in [3.63, 3.8) is 0 Å². The lowest BCUT2D eigenvalue weighted by Gasteiger charge is -2.32. The molecule has 0 radical (unpaired) electrons. The number of benzene rings is 2. The summed E-state index contributed by atoms with van der Waals surface area (Å²) in [6.07, 6.45) is 3.08. The second kappa shape index (κ2) is 13.8. The van der Waals surface area contributed by atoms with Gasteiger partial charge >= 0.3 is 6.03 Å². The standard InChI is InChI=1S/C28H36N4O2.C2H6/c1-4-16-31(5-2)20-25-9-6-23-19-24(10-13-27(23)29-25)30-28(33)32-17-14-22(15-18-32)21-7-11-26(34-3)12-8-21;1-2/h6-13,19,22H,4-5,14-18,20H2,1-3H3,(H,30,33);1-2H3. The molecule has 1 N–H and O–H groups in total. The van der Waals surface area contributed by atoms with Crippen molar-refractivity contribution in [3.8, 4) is 5.75 Å². The predicted octanol–water partition coefficient (Wildman–Crippen LogP) is 6.91. The number of hydrogen-bond acceptors (Lipinski definition) is 4. The van der Waals surface area contributed by atoms with Crippen molar-refractivity contribution < 1.29 is 9.53 Å². The molecule has 1 aliphatic heterocycles. The lowest BCUT2D eigenvalue weighted by molar-refractivity contribution is 0.194. The number of pyridine rings is 1. The van der Waals surface area contributed by atoms with Gasteiger partial charge in [-0.05, 0) is 80.2 Å². The van der Waals surface area contributed by atoms with E-state index in [0.717, 1.165) is 80.0 Å². The molecule has 2 aromatic carbocycles. The second-order valence-electron chi connectivity index (χ2n) is 9.04. The Hall–Kier alpha value is -3.12. The monoisotopic (exact) mass is 490 g/mol. The number of carbonyl (C=O) groups excluding carboxylic acids is 1. The average molecular weight is 491 g/mol. The Morgan fingerprint density at radius 1 is 1.06 bits per heavy atom. The summed E-state index contributed by atoms with van der Waals surface area (Å²) in [6.45, 7) is 12.9. The number of likely N-dealkylation sites (tertiary alicyclic amines) is 1. The molecule has 1 fully saturated rings. The highest BCUT2D eigenvalue weighted by molar-refractivity contribution is 5.92. The van der Waals surface area contributed by atoms with Gasteiger partial charge < -0.3 is 15.0 Å². The van der Waals surface area contributed by atoms with E-state index >= 15 is 0 Å². The van der Waals surface area contributed by atoms with Crippen molar-refractivity contribution in [2.45, 2.75) is 59.4 Å². The minimum Gasteiger partial charge on any atom is -0.497 e. The van der Waals surface area contributed by atoms with Crippen LogP contribution >= 0.6 is 0 Å². The van der Waals surface area contributed by atoms with Crippen molar-refractivity contribution in [1.82, 2.24) is 14.8 Å². The van der Waals surface area contributed by atoms with E-state index in [9.17, 15) is 4.79 Å². The number of fused-ring (bicyclic) bond motifs is 1. The number of aromatic nitrogens is 1. The molecular formula is C30H42N4O2. The number of carbonyl (C=O) groups is 1. The topological polar surface area (TPSA) is 57.7 Å². The summed E-state index contributed by atoms with van der Waals surface area (Å²) in [7, 11) is 1.68. The van der Waals surface area contributed by atoms with E-state index in [1.54, 1.807) is 7.11 Å². The van der Waals surface area contributed by atoms with Crippen LogP contribution in [0.2, 0.25) is 0 Å². The normalized spacial score (nSPS) is 13.9. The molecule has 0 bridgehead atoms. The number of anilines is 1. The first-order valence-electron chi connectivity index (χ1n) is 13.4. The van der Waals surface area contributed by atoms with Gasteiger partial charge in [-0.1, -0.05) is 45.9 Å². The zero-order valence-electron chi connectivity index (χ0n) is 22.6. The van der Waals surface area contributed by atoms with E-state index in [4.69, 9.17) is 9.72 Å². The summed E-state index contributed by atoms with van der Waals surface area (Å²) in [6, 6.07) is 18.4. The van der Waals surface area contributed by atoms with Gasteiger partial charge in [0, 0.05) is 30.7 Å². The lowest BCUT2D eigenvalue weighted by Crippen LogP contribution is -2.40. The largest absolute Gasteiger partial charge is 0.497 e. The number of nitrogens with one attached hydrogen (secondary N) is 1. The first kappa shape index (κ1) is 27.5. The highest BCUT2D eigenvalue weighted by atomic mass is 16.5. The summed E-state index contributed by atoms with van der Waals surface area (Å²) in [5.41, 5.74) is 4.17. The van der Waals surface area contributed by atoms with Crippen LogP contribution in [0.5, 0.6) is 5.75 Å². The Balaban J connectivity index is 0.00000176. The Labute approximate surface area is 216 Å². The van der Waals surface area contributed by atoms with Gasteiger partial charge in [0.2, 0.25) is 0 Å². The summed E-state index contributed by atoms with van der Waals surface area (Å²) in [5.74, 6) is 1.36. The molecule has 0 saturated carbocycles. The van der Waals surface area contributed by atoms with Gasteiger partial charge in [-0.2, -0.15) is 0 Å². The fourth-order valence-corrected chi connectivity index (χ4v) is 4.72. The minimum absolute atomic E-state index is 0.0322. The zero-order chi connectivity index (χ0) is 25.9. The third-order valence-electron chi connectivity index (χ3n) is 6.74. The molecule has 3 aromatic rings. The third-order valence-corrected chi connectivity index (χ3v) is 6.74. The Kier molecular flexibility index (Phi) is 10.6. The van der Waals surface area contributed by atoms with E-state index in [2.05, 4.69) is 48.3 Å². The van der Waals surface area contributed by atoms with Gasteiger partial charge in [0.05, 0.1) is 18.3 Å². The molecule has 2 heterocycles. The first-order valence-corrected chi connectivity index (χ1v) is 13.4. The van der Waals surface area contributed by atoms with Crippen LogP contribution in [0.15, 0.2) is 54.6 Å². The van der Waals surface area contributed by atoms with Gasteiger partial charge in [0.15, 0.2) is 0 Å². The number of ether oxygens (including phenoxy) is 1. The van der Waals surface area contributed by atoms with Gasteiger partial charge in [-0.25, -0.2) is 4.79 Å². The Morgan fingerprint density at radius 3 is 2.42 bits per heavy atom. The summed E-state index contributed by atoms with van der Waals surface area (Å²) < 4.78 is 5.26. The number of hydrogen-bond donors (Lipinski definition) is 1. The van der Waals surface area contributed by atoms with Gasteiger partial charge in [0.25, 0.3) is 0 Å². The molecule has 0 spiro atoms. The Bertz CT molecular complexity index is 1090. The van der Waals surface area contributed by atoms with Crippen LogP contribution in [0, 0.1) is 0 Å². The molecule has 4 rings (SSSR count). The lowest BCUT2D eigenvalue weighted by atomic mass is 9.89. The molecule has 2 amide bonds. The minimum atomic E-state index is -0.0322. The summed E-state index contributed by atoms with van der Waals surface area (Å²) >= 11 is 0. The SMILES string of the molecule is CC.CCCN(CC)Cc1ccc2cc(NC(=O)N3CCC(c4ccc(OC)cc4)CC3)ccc2n1. The van der Waals surface area contributed by atoms with Crippen LogP contribution in [0.1, 0.15) is 64.1 Å². The molecule has 1 aromatic heterocycles. The van der Waals surface area contributed by atoms with E-state index in [1.165, 1.54) is 5.56 Å². The van der Waals surface area contributed by atoms with Crippen molar-refractivity contribution >= 4 is 22.6 Å². The van der Waals surface area contributed by atoms with Crippen LogP contribution < -0.4 is 10.1 Å². The van der Waals surface area contributed by atoms with Crippen LogP contribution in [0.4, 0.5) is 10.5 Å². The number of rotatable bonds is 8. The number of methoxy groups -OCH3 is 1. The predicted molar refractivity (Wildman–Crippen MR) is 150 cm³/mol. The maximum atomic E-state index is 12.9. The molecule has 6 heteroatoms. The highest BCUT2D eigenvalue weighted by Gasteiger charge is 2.24. The number of urea groups is 1. The zero-order valence-corrected chi connectivity index (χ0v) is 22.6. The van der Waals surface area contributed by atoms with Gasteiger partial charge in [-0.15, -0.1) is 0 Å². The van der Waals surface area contributed by atoms with Crippen molar-refractivity contribution in [3.05, 3.63) is 65.9 Å². The number of nitrogens with zero attached hydrogens (tertiary/aromatic N) is 3. The fourth-order valence-electron chi connectivity index (χ4n) is 4.72. The number of amides is 2. The quantitative estimate of drug-likeness (QED) is 0.373. The molecule has 0 unspecified atom stereocenters. The van der Waals surface area contributed by atoms with Crippen LogP contribution in [-0.4, -0.2) is 54.1 Å². The molecule has 36 heavy (non-hydrogen) atoms.